The van der Waals surface area contributed by atoms with E-state index in [0.717, 1.165) is 48.7 Å². The Morgan fingerprint density at radius 3 is 2.60 bits per heavy atom. The molecule has 1 fully saturated rings. The van der Waals surface area contributed by atoms with Gasteiger partial charge in [0.1, 0.15) is 6.33 Å². The largest absolute Gasteiger partial charge is 0.342 e. The van der Waals surface area contributed by atoms with Crippen LogP contribution < -0.4 is 4.90 Å². The van der Waals surface area contributed by atoms with Crippen molar-refractivity contribution in [1.82, 2.24) is 19.6 Å². The lowest BCUT2D eigenvalue weighted by Crippen LogP contribution is -2.38. The van der Waals surface area contributed by atoms with Gasteiger partial charge in [-0.1, -0.05) is 49.2 Å². The molecular weight excluding hydrogens is 357 g/mol. The summed E-state index contributed by atoms with van der Waals surface area (Å²) in [5, 5.41) is 9.40. The molecule has 0 radical (unpaired) electrons. The first-order valence-electron chi connectivity index (χ1n) is 8.34. The van der Waals surface area contributed by atoms with Crippen LogP contribution in [0, 0.1) is 5.41 Å². The SMILES string of the molecule is CC1(C)CCN(c2ncc(-c3cccc(Cl)c3Cl)c3nncn23)CC1. The topological polar surface area (TPSA) is 46.3 Å². The van der Waals surface area contributed by atoms with Gasteiger partial charge < -0.3 is 4.90 Å². The number of piperidine rings is 1. The van der Waals surface area contributed by atoms with E-state index in [2.05, 4.69) is 28.9 Å². The molecule has 2 aromatic heterocycles. The molecule has 7 heteroatoms. The van der Waals surface area contributed by atoms with Gasteiger partial charge in [0, 0.05) is 30.4 Å². The summed E-state index contributed by atoms with van der Waals surface area (Å²) in [6.07, 6.45) is 5.80. The maximum atomic E-state index is 6.39. The van der Waals surface area contributed by atoms with Gasteiger partial charge in [-0.25, -0.2) is 4.98 Å². The molecule has 130 valence electrons. The second kappa shape index (κ2) is 6.15. The van der Waals surface area contributed by atoms with Gasteiger partial charge in [-0.05, 0) is 24.3 Å². The van der Waals surface area contributed by atoms with Crippen LogP contribution in [0.1, 0.15) is 26.7 Å². The number of rotatable bonds is 2. The van der Waals surface area contributed by atoms with Crippen molar-refractivity contribution in [3.63, 3.8) is 0 Å². The summed E-state index contributed by atoms with van der Waals surface area (Å²) in [6, 6.07) is 5.56. The molecule has 0 bridgehead atoms. The first kappa shape index (κ1) is 16.6. The highest BCUT2D eigenvalue weighted by molar-refractivity contribution is 6.43. The molecule has 0 spiro atoms. The second-order valence-electron chi connectivity index (χ2n) is 7.25. The molecule has 3 aromatic rings. The second-order valence-corrected chi connectivity index (χ2v) is 8.03. The molecular formula is C18H19Cl2N5. The van der Waals surface area contributed by atoms with Gasteiger partial charge >= 0.3 is 0 Å². The molecule has 1 aromatic carbocycles. The van der Waals surface area contributed by atoms with E-state index in [0.29, 0.717) is 15.5 Å². The Morgan fingerprint density at radius 1 is 1.08 bits per heavy atom. The van der Waals surface area contributed by atoms with Crippen molar-refractivity contribution in [3.8, 4) is 11.1 Å². The summed E-state index contributed by atoms with van der Waals surface area (Å²) < 4.78 is 1.94. The predicted molar refractivity (Wildman–Crippen MR) is 101 cm³/mol. The van der Waals surface area contributed by atoms with Crippen LogP contribution in [0.3, 0.4) is 0 Å². The van der Waals surface area contributed by atoms with Gasteiger partial charge in [-0.15, -0.1) is 10.2 Å². The average Bonchev–Trinajstić information content (AvgIpc) is 3.07. The lowest BCUT2D eigenvalue weighted by atomic mass is 9.83. The van der Waals surface area contributed by atoms with Crippen LogP contribution in [0.25, 0.3) is 16.8 Å². The van der Waals surface area contributed by atoms with Crippen molar-refractivity contribution in [2.75, 3.05) is 18.0 Å². The minimum absolute atomic E-state index is 0.386. The zero-order valence-electron chi connectivity index (χ0n) is 14.2. The van der Waals surface area contributed by atoms with Crippen LogP contribution >= 0.6 is 23.2 Å². The lowest BCUT2D eigenvalue weighted by Gasteiger charge is -2.37. The molecule has 0 unspecified atom stereocenters. The van der Waals surface area contributed by atoms with Gasteiger partial charge in [-0.2, -0.15) is 0 Å². The van der Waals surface area contributed by atoms with Crippen molar-refractivity contribution < 1.29 is 0 Å². The van der Waals surface area contributed by atoms with Gasteiger partial charge in [0.2, 0.25) is 5.95 Å². The molecule has 0 amide bonds. The van der Waals surface area contributed by atoms with E-state index in [4.69, 9.17) is 28.2 Å². The van der Waals surface area contributed by atoms with Crippen LogP contribution in [0.5, 0.6) is 0 Å². The van der Waals surface area contributed by atoms with E-state index >= 15 is 0 Å². The Morgan fingerprint density at radius 2 is 1.84 bits per heavy atom. The van der Waals surface area contributed by atoms with Crippen molar-refractivity contribution in [3.05, 3.63) is 40.8 Å². The summed E-state index contributed by atoms with van der Waals surface area (Å²) in [4.78, 5) is 7.00. The Bertz CT molecular complexity index is 924. The monoisotopic (exact) mass is 375 g/mol. The number of hydrogen-bond acceptors (Lipinski definition) is 4. The van der Waals surface area contributed by atoms with Gasteiger partial charge in [0.05, 0.1) is 10.0 Å². The number of hydrogen-bond donors (Lipinski definition) is 0. The van der Waals surface area contributed by atoms with E-state index in [9.17, 15) is 0 Å². The molecule has 25 heavy (non-hydrogen) atoms. The summed E-state index contributed by atoms with van der Waals surface area (Å²) in [5.41, 5.74) is 2.76. The summed E-state index contributed by atoms with van der Waals surface area (Å²) in [5.74, 6) is 0.873. The van der Waals surface area contributed by atoms with E-state index in [-0.39, 0.29) is 0 Å². The Labute approximate surface area is 156 Å². The van der Waals surface area contributed by atoms with Crippen molar-refractivity contribution >= 4 is 34.8 Å². The third-order valence-electron chi connectivity index (χ3n) is 4.95. The Balaban J connectivity index is 1.79. The van der Waals surface area contributed by atoms with E-state index in [1.165, 1.54) is 0 Å². The van der Waals surface area contributed by atoms with Crippen LogP contribution in [-0.4, -0.2) is 32.7 Å². The summed E-state index contributed by atoms with van der Waals surface area (Å²) >= 11 is 12.6. The molecule has 1 aliphatic rings. The van der Waals surface area contributed by atoms with Crippen LogP contribution in [0.4, 0.5) is 5.95 Å². The average molecular weight is 376 g/mol. The fourth-order valence-electron chi connectivity index (χ4n) is 3.26. The fraction of sp³-hybridized carbons (Fsp3) is 0.389. The third-order valence-corrected chi connectivity index (χ3v) is 5.77. The molecule has 4 rings (SSSR count). The number of fused-ring (bicyclic) bond motifs is 1. The van der Waals surface area contributed by atoms with Crippen LogP contribution in [0.2, 0.25) is 10.0 Å². The highest BCUT2D eigenvalue weighted by atomic mass is 35.5. The smallest absolute Gasteiger partial charge is 0.212 e. The van der Waals surface area contributed by atoms with Crippen molar-refractivity contribution in [2.45, 2.75) is 26.7 Å². The van der Waals surface area contributed by atoms with E-state index in [1.807, 2.05) is 22.7 Å². The standard InChI is InChI=1S/C18H19Cl2N5/c1-18(2)6-8-24(9-7-18)17-21-10-13(16-23-22-11-25(16)17)12-4-3-5-14(19)15(12)20/h3-5,10-11H,6-9H2,1-2H3. The summed E-state index contributed by atoms with van der Waals surface area (Å²) in [7, 11) is 0. The van der Waals surface area contributed by atoms with E-state index in [1.54, 1.807) is 12.4 Å². The summed E-state index contributed by atoms with van der Waals surface area (Å²) in [6.45, 7) is 6.59. The number of benzene rings is 1. The number of aromatic nitrogens is 4. The molecule has 0 N–H and O–H groups in total. The van der Waals surface area contributed by atoms with Gasteiger partial charge in [0.25, 0.3) is 0 Å². The van der Waals surface area contributed by atoms with Crippen LogP contribution in [0.15, 0.2) is 30.7 Å². The molecule has 3 heterocycles. The first-order chi connectivity index (χ1) is 12.0. The molecule has 1 aliphatic heterocycles. The molecule has 0 saturated carbocycles. The minimum Gasteiger partial charge on any atom is -0.342 e. The van der Waals surface area contributed by atoms with Gasteiger partial charge in [-0.3, -0.25) is 4.40 Å². The van der Waals surface area contributed by atoms with Crippen molar-refractivity contribution in [2.24, 2.45) is 5.41 Å². The fourth-order valence-corrected chi connectivity index (χ4v) is 3.66. The molecule has 0 atom stereocenters. The Hall–Kier alpha value is -1.85. The minimum atomic E-state index is 0.386. The zero-order chi connectivity index (χ0) is 17.6. The Kier molecular flexibility index (Phi) is 4.08. The van der Waals surface area contributed by atoms with Crippen molar-refractivity contribution in [1.29, 1.82) is 0 Å². The highest BCUT2D eigenvalue weighted by Gasteiger charge is 2.27. The normalized spacial score (nSPS) is 17.2. The maximum absolute atomic E-state index is 6.39. The highest BCUT2D eigenvalue weighted by Crippen LogP contribution is 2.36. The zero-order valence-corrected chi connectivity index (χ0v) is 15.7. The van der Waals surface area contributed by atoms with E-state index < -0.39 is 0 Å². The molecule has 1 saturated heterocycles. The predicted octanol–water partition coefficient (Wildman–Crippen LogP) is 4.72. The maximum Gasteiger partial charge on any atom is 0.212 e. The number of anilines is 1. The molecule has 5 nitrogen and oxygen atoms in total. The van der Waals surface area contributed by atoms with Crippen LogP contribution in [-0.2, 0) is 0 Å². The first-order valence-corrected chi connectivity index (χ1v) is 9.10. The lowest BCUT2D eigenvalue weighted by molar-refractivity contribution is 0.278. The number of nitrogens with zero attached hydrogens (tertiary/aromatic N) is 5. The van der Waals surface area contributed by atoms with Gasteiger partial charge in [0.15, 0.2) is 5.65 Å². The third kappa shape index (κ3) is 2.96. The molecule has 0 aliphatic carbocycles. The quantitative estimate of drug-likeness (QED) is 0.649. The number of halogens is 2.